The predicted molar refractivity (Wildman–Crippen MR) is 90.1 cm³/mol. The number of aromatic amines is 1. The van der Waals surface area contributed by atoms with Gasteiger partial charge in [0.25, 0.3) is 5.56 Å². The van der Waals surface area contributed by atoms with Crippen molar-refractivity contribution in [3.8, 4) is 0 Å². The Balaban J connectivity index is 1.85. The highest BCUT2D eigenvalue weighted by Gasteiger charge is 2.29. The number of carbonyl (C=O) groups is 1. The molecule has 3 rings (SSSR count). The van der Waals surface area contributed by atoms with Crippen LogP contribution >= 0.6 is 11.6 Å². The van der Waals surface area contributed by atoms with Crippen LogP contribution in [-0.4, -0.2) is 40.0 Å². The van der Waals surface area contributed by atoms with Gasteiger partial charge in [-0.3, -0.25) is 19.1 Å². The van der Waals surface area contributed by atoms with Gasteiger partial charge in [0.15, 0.2) is 0 Å². The number of nitrogens with zero attached hydrogens (tertiary/aromatic N) is 2. The fourth-order valence-corrected chi connectivity index (χ4v) is 3.09. The molecule has 1 aliphatic rings. The summed E-state index contributed by atoms with van der Waals surface area (Å²) in [5, 5.41) is 3.86. The van der Waals surface area contributed by atoms with Gasteiger partial charge in [0.2, 0.25) is 5.91 Å². The standard InChI is InChI=1S/C16H17ClN4O3/c17-12-4-2-1-3-11(12)13-9-18-6-8-21(13)15(23)10-20-7-5-14(22)19-16(20)24/h1-5,7,13,18H,6,8-10H2,(H,19,22,24). The largest absolute Gasteiger partial charge is 0.331 e. The fourth-order valence-electron chi connectivity index (χ4n) is 2.83. The summed E-state index contributed by atoms with van der Waals surface area (Å²) in [7, 11) is 0. The molecule has 0 saturated carbocycles. The van der Waals surface area contributed by atoms with E-state index in [4.69, 9.17) is 11.6 Å². The van der Waals surface area contributed by atoms with Crippen molar-refractivity contribution in [3.05, 3.63) is 68.0 Å². The Kier molecular flexibility index (Phi) is 4.82. The van der Waals surface area contributed by atoms with Crippen molar-refractivity contribution in [1.82, 2.24) is 19.8 Å². The summed E-state index contributed by atoms with van der Waals surface area (Å²) in [6, 6.07) is 8.43. The number of rotatable bonds is 3. The Morgan fingerprint density at radius 3 is 2.79 bits per heavy atom. The summed E-state index contributed by atoms with van der Waals surface area (Å²) in [5.74, 6) is -0.199. The summed E-state index contributed by atoms with van der Waals surface area (Å²) in [5.41, 5.74) is -0.214. The van der Waals surface area contributed by atoms with E-state index in [1.54, 1.807) is 11.0 Å². The van der Waals surface area contributed by atoms with Gasteiger partial charge in [-0.2, -0.15) is 0 Å². The first-order valence-corrected chi connectivity index (χ1v) is 7.98. The number of nitrogens with one attached hydrogen (secondary N) is 2. The predicted octanol–water partition coefficient (Wildman–Crippen LogP) is 0.363. The molecule has 8 heteroatoms. The zero-order valence-corrected chi connectivity index (χ0v) is 13.6. The number of amides is 1. The van der Waals surface area contributed by atoms with Crippen molar-refractivity contribution in [2.75, 3.05) is 19.6 Å². The number of benzene rings is 1. The lowest BCUT2D eigenvalue weighted by Crippen LogP contribution is -2.50. The first-order chi connectivity index (χ1) is 11.6. The minimum absolute atomic E-state index is 0.128. The van der Waals surface area contributed by atoms with E-state index in [0.717, 1.165) is 5.56 Å². The smallest absolute Gasteiger partial charge is 0.328 e. The molecule has 2 N–H and O–H groups in total. The van der Waals surface area contributed by atoms with Crippen LogP contribution < -0.4 is 16.6 Å². The number of hydrogen-bond donors (Lipinski definition) is 2. The molecule has 126 valence electrons. The molecule has 2 heterocycles. The van der Waals surface area contributed by atoms with Crippen LogP contribution in [0.15, 0.2) is 46.1 Å². The Hall–Kier alpha value is -2.38. The third-order valence-corrected chi connectivity index (χ3v) is 4.37. The van der Waals surface area contributed by atoms with Crippen LogP contribution in [0.1, 0.15) is 11.6 Å². The average Bonchev–Trinajstić information content (AvgIpc) is 2.58. The first-order valence-electron chi connectivity index (χ1n) is 7.60. The van der Waals surface area contributed by atoms with E-state index in [9.17, 15) is 14.4 Å². The van der Waals surface area contributed by atoms with E-state index in [0.29, 0.717) is 24.7 Å². The Bertz CT molecular complexity index is 861. The molecule has 7 nitrogen and oxygen atoms in total. The third kappa shape index (κ3) is 3.42. The van der Waals surface area contributed by atoms with Gasteiger partial charge in [0.1, 0.15) is 6.54 Å². The van der Waals surface area contributed by atoms with Gasteiger partial charge < -0.3 is 10.2 Å². The van der Waals surface area contributed by atoms with Crippen LogP contribution in [0.2, 0.25) is 5.02 Å². The second kappa shape index (κ2) is 7.02. The van der Waals surface area contributed by atoms with Gasteiger partial charge >= 0.3 is 5.69 Å². The Morgan fingerprint density at radius 2 is 2.04 bits per heavy atom. The average molecular weight is 349 g/mol. The molecular formula is C16H17ClN4O3. The number of aromatic nitrogens is 2. The highest BCUT2D eigenvalue weighted by molar-refractivity contribution is 6.31. The van der Waals surface area contributed by atoms with E-state index in [2.05, 4.69) is 10.3 Å². The molecule has 1 unspecified atom stereocenters. The summed E-state index contributed by atoms with van der Waals surface area (Å²) in [6.07, 6.45) is 1.33. The van der Waals surface area contributed by atoms with Gasteiger partial charge in [-0.15, -0.1) is 0 Å². The number of carbonyl (C=O) groups excluding carboxylic acids is 1. The minimum atomic E-state index is -0.597. The third-order valence-electron chi connectivity index (χ3n) is 4.03. The fraction of sp³-hybridized carbons (Fsp3) is 0.312. The molecule has 0 bridgehead atoms. The van der Waals surface area contributed by atoms with Crippen LogP contribution in [-0.2, 0) is 11.3 Å². The SMILES string of the molecule is O=C(Cn1ccc(=O)[nH]c1=O)N1CCNCC1c1ccccc1Cl. The van der Waals surface area contributed by atoms with Crippen LogP contribution in [0.25, 0.3) is 0 Å². The molecule has 24 heavy (non-hydrogen) atoms. The van der Waals surface area contributed by atoms with Gasteiger partial charge in [0.05, 0.1) is 6.04 Å². The van der Waals surface area contributed by atoms with E-state index in [-0.39, 0.29) is 18.5 Å². The molecule has 1 saturated heterocycles. The maximum absolute atomic E-state index is 12.7. The van der Waals surface area contributed by atoms with Crippen LogP contribution in [0.4, 0.5) is 0 Å². The van der Waals surface area contributed by atoms with E-state index in [1.165, 1.54) is 16.8 Å². The molecule has 1 aromatic carbocycles. The maximum Gasteiger partial charge on any atom is 0.328 e. The molecule has 0 spiro atoms. The van der Waals surface area contributed by atoms with Crippen LogP contribution in [0.3, 0.4) is 0 Å². The van der Waals surface area contributed by atoms with E-state index < -0.39 is 11.2 Å². The monoisotopic (exact) mass is 348 g/mol. The molecular weight excluding hydrogens is 332 g/mol. The molecule has 1 fully saturated rings. The normalized spacial score (nSPS) is 17.7. The zero-order valence-electron chi connectivity index (χ0n) is 12.9. The molecule has 1 atom stereocenters. The van der Waals surface area contributed by atoms with Crippen molar-refractivity contribution >= 4 is 17.5 Å². The van der Waals surface area contributed by atoms with Crippen molar-refractivity contribution in [2.24, 2.45) is 0 Å². The number of hydrogen-bond acceptors (Lipinski definition) is 4. The van der Waals surface area contributed by atoms with Gasteiger partial charge in [-0.1, -0.05) is 29.8 Å². The lowest BCUT2D eigenvalue weighted by molar-refractivity contribution is -0.135. The van der Waals surface area contributed by atoms with Gasteiger partial charge in [-0.25, -0.2) is 4.79 Å². The zero-order chi connectivity index (χ0) is 17.1. The summed E-state index contributed by atoms with van der Waals surface area (Å²) < 4.78 is 1.19. The topological polar surface area (TPSA) is 87.2 Å². The van der Waals surface area contributed by atoms with Crippen LogP contribution in [0.5, 0.6) is 0 Å². The second-order valence-electron chi connectivity index (χ2n) is 5.57. The van der Waals surface area contributed by atoms with Crippen molar-refractivity contribution in [3.63, 3.8) is 0 Å². The van der Waals surface area contributed by atoms with Crippen molar-refractivity contribution in [2.45, 2.75) is 12.6 Å². The molecule has 0 radical (unpaired) electrons. The van der Waals surface area contributed by atoms with Crippen molar-refractivity contribution in [1.29, 1.82) is 0 Å². The molecule has 2 aromatic rings. The lowest BCUT2D eigenvalue weighted by atomic mass is 10.0. The summed E-state index contributed by atoms with van der Waals surface area (Å²) in [4.78, 5) is 39.5. The van der Waals surface area contributed by atoms with Gasteiger partial charge in [0, 0.05) is 36.9 Å². The Morgan fingerprint density at radius 1 is 1.25 bits per heavy atom. The van der Waals surface area contributed by atoms with Crippen LogP contribution in [0, 0.1) is 0 Å². The van der Waals surface area contributed by atoms with Gasteiger partial charge in [-0.05, 0) is 11.6 Å². The second-order valence-corrected chi connectivity index (χ2v) is 5.97. The van der Waals surface area contributed by atoms with Crippen molar-refractivity contribution < 1.29 is 4.79 Å². The number of halogens is 1. The Labute approximate surface area is 142 Å². The quantitative estimate of drug-likeness (QED) is 0.838. The minimum Gasteiger partial charge on any atom is -0.331 e. The summed E-state index contributed by atoms with van der Waals surface area (Å²) >= 11 is 6.27. The highest BCUT2D eigenvalue weighted by atomic mass is 35.5. The molecule has 1 aromatic heterocycles. The first kappa shape index (κ1) is 16.5. The molecule has 0 aliphatic carbocycles. The van der Waals surface area contributed by atoms with E-state index >= 15 is 0 Å². The molecule has 1 aliphatic heterocycles. The summed E-state index contributed by atoms with van der Waals surface area (Å²) in [6.45, 7) is 1.66. The number of piperazine rings is 1. The lowest BCUT2D eigenvalue weighted by Gasteiger charge is -2.37. The maximum atomic E-state index is 12.7. The highest BCUT2D eigenvalue weighted by Crippen LogP contribution is 2.28. The van der Waals surface area contributed by atoms with E-state index in [1.807, 2.05) is 18.2 Å². The number of H-pyrrole nitrogens is 1. The molecule has 1 amide bonds.